The largest absolute Gasteiger partial charge is 0.306 e. The van der Waals surface area contributed by atoms with E-state index in [1.807, 2.05) is 0 Å². The van der Waals surface area contributed by atoms with Crippen LogP contribution in [-0.4, -0.2) is 25.0 Å². The fraction of sp³-hybridized carbons (Fsp3) is 0.818. The van der Waals surface area contributed by atoms with Crippen LogP contribution in [0, 0.1) is 5.41 Å². The molecule has 1 fully saturated rings. The van der Waals surface area contributed by atoms with Crippen LogP contribution in [0.15, 0.2) is 11.6 Å². The number of hydrogen-bond donors (Lipinski definition) is 0. The van der Waals surface area contributed by atoms with Gasteiger partial charge in [0.2, 0.25) is 0 Å². The average Bonchev–Trinajstić information content (AvgIpc) is 2.41. The van der Waals surface area contributed by atoms with Crippen molar-refractivity contribution >= 4 is 0 Å². The lowest BCUT2D eigenvalue weighted by Gasteiger charge is -2.39. The molecule has 0 bridgehead atoms. The third-order valence-corrected chi connectivity index (χ3v) is 3.85. The average molecular weight is 165 g/mol. The van der Waals surface area contributed by atoms with E-state index in [4.69, 9.17) is 0 Å². The lowest BCUT2D eigenvalue weighted by molar-refractivity contribution is 0.154. The summed E-state index contributed by atoms with van der Waals surface area (Å²) in [6.45, 7) is 4.93. The number of nitrogens with zero attached hydrogens (tertiary/aromatic N) is 1. The molecule has 0 unspecified atom stereocenters. The van der Waals surface area contributed by atoms with Gasteiger partial charge in [0.05, 0.1) is 0 Å². The highest BCUT2D eigenvalue weighted by atomic mass is 15.1. The fourth-order valence-corrected chi connectivity index (χ4v) is 2.67. The molecular formula is C11H19N. The summed E-state index contributed by atoms with van der Waals surface area (Å²) in [7, 11) is 2.24. The van der Waals surface area contributed by atoms with E-state index in [2.05, 4.69) is 24.9 Å². The zero-order valence-electron chi connectivity index (χ0n) is 8.27. The highest BCUT2D eigenvalue weighted by Gasteiger charge is 2.36. The van der Waals surface area contributed by atoms with E-state index < -0.39 is 0 Å². The van der Waals surface area contributed by atoms with Gasteiger partial charge >= 0.3 is 0 Å². The Balaban J connectivity index is 2.08. The van der Waals surface area contributed by atoms with Crippen LogP contribution in [0.2, 0.25) is 0 Å². The van der Waals surface area contributed by atoms with Crippen LogP contribution >= 0.6 is 0 Å². The normalized spacial score (nSPS) is 29.3. The molecule has 2 rings (SSSR count). The number of piperidine rings is 1. The first kappa shape index (κ1) is 8.31. The zero-order valence-corrected chi connectivity index (χ0v) is 8.27. The molecule has 68 valence electrons. The first-order valence-electron chi connectivity index (χ1n) is 5.09. The van der Waals surface area contributed by atoms with Gasteiger partial charge in [0, 0.05) is 0 Å². The zero-order chi connectivity index (χ0) is 8.60. The van der Waals surface area contributed by atoms with Gasteiger partial charge in [0.1, 0.15) is 0 Å². The van der Waals surface area contributed by atoms with Gasteiger partial charge in [-0.2, -0.15) is 0 Å². The number of rotatable bonds is 0. The molecule has 1 heteroatoms. The van der Waals surface area contributed by atoms with Gasteiger partial charge in [-0.15, -0.1) is 0 Å². The van der Waals surface area contributed by atoms with Gasteiger partial charge in [-0.1, -0.05) is 11.6 Å². The molecule has 0 aromatic rings. The van der Waals surface area contributed by atoms with Crippen molar-refractivity contribution < 1.29 is 0 Å². The Labute approximate surface area is 75.4 Å². The maximum Gasteiger partial charge on any atom is -0.00134 e. The molecule has 0 saturated carbocycles. The maximum atomic E-state index is 2.46. The number of hydrogen-bond acceptors (Lipinski definition) is 1. The van der Waals surface area contributed by atoms with E-state index in [0.29, 0.717) is 5.41 Å². The third-order valence-electron chi connectivity index (χ3n) is 3.85. The molecule has 1 spiro atoms. The molecule has 1 nitrogen and oxygen atoms in total. The van der Waals surface area contributed by atoms with Crippen molar-refractivity contribution in [1.82, 2.24) is 4.90 Å². The molecule has 0 N–H and O–H groups in total. The van der Waals surface area contributed by atoms with Crippen LogP contribution < -0.4 is 0 Å². The molecule has 0 atom stereocenters. The van der Waals surface area contributed by atoms with Crippen molar-refractivity contribution in [3.8, 4) is 0 Å². The monoisotopic (exact) mass is 165 g/mol. The minimum Gasteiger partial charge on any atom is -0.306 e. The summed E-state index contributed by atoms with van der Waals surface area (Å²) in [6, 6.07) is 0. The Kier molecular flexibility index (Phi) is 1.99. The highest BCUT2D eigenvalue weighted by Crippen LogP contribution is 2.46. The lowest BCUT2D eigenvalue weighted by Crippen LogP contribution is -2.37. The van der Waals surface area contributed by atoms with Gasteiger partial charge in [0.25, 0.3) is 0 Å². The number of allylic oxidation sites excluding steroid dienone is 2. The Bertz CT molecular complexity index is 197. The van der Waals surface area contributed by atoms with Gasteiger partial charge in [-0.25, -0.2) is 0 Å². The molecule has 1 heterocycles. The minimum absolute atomic E-state index is 0.631. The summed E-state index contributed by atoms with van der Waals surface area (Å²) in [5, 5.41) is 0. The van der Waals surface area contributed by atoms with Crippen LogP contribution in [0.5, 0.6) is 0 Å². The van der Waals surface area contributed by atoms with Crippen molar-refractivity contribution in [2.45, 2.75) is 32.6 Å². The standard InChI is InChI=1S/C11H19N/c1-10-4-3-5-11(10)6-8-12(2)9-7-11/h4H,3,5-9H2,1-2H3. The fourth-order valence-electron chi connectivity index (χ4n) is 2.67. The number of likely N-dealkylation sites (tertiary alicyclic amines) is 1. The second-order valence-electron chi connectivity index (χ2n) is 4.51. The van der Waals surface area contributed by atoms with Gasteiger partial charge in [0.15, 0.2) is 0 Å². The molecule has 0 radical (unpaired) electrons. The van der Waals surface area contributed by atoms with Crippen LogP contribution in [0.4, 0.5) is 0 Å². The predicted octanol–water partition coefficient (Wildman–Crippen LogP) is 2.44. The van der Waals surface area contributed by atoms with Crippen LogP contribution in [-0.2, 0) is 0 Å². The van der Waals surface area contributed by atoms with Gasteiger partial charge in [-0.3, -0.25) is 0 Å². The Morgan fingerprint density at radius 3 is 2.42 bits per heavy atom. The predicted molar refractivity (Wildman–Crippen MR) is 52.2 cm³/mol. The topological polar surface area (TPSA) is 3.24 Å². The van der Waals surface area contributed by atoms with Crippen LogP contribution in [0.3, 0.4) is 0 Å². The van der Waals surface area contributed by atoms with Crippen molar-refractivity contribution in [2.75, 3.05) is 20.1 Å². The van der Waals surface area contributed by atoms with Gasteiger partial charge in [-0.05, 0) is 58.2 Å². The van der Waals surface area contributed by atoms with E-state index in [1.165, 1.54) is 38.8 Å². The summed E-state index contributed by atoms with van der Waals surface area (Å²) in [5.74, 6) is 0. The van der Waals surface area contributed by atoms with E-state index in [0.717, 1.165) is 0 Å². The summed E-state index contributed by atoms with van der Waals surface area (Å²) >= 11 is 0. The molecule has 0 aromatic heterocycles. The van der Waals surface area contributed by atoms with E-state index in [9.17, 15) is 0 Å². The Hall–Kier alpha value is -0.300. The smallest absolute Gasteiger partial charge is 0.00134 e. The molecule has 2 aliphatic rings. The van der Waals surface area contributed by atoms with Crippen molar-refractivity contribution in [3.63, 3.8) is 0 Å². The second kappa shape index (κ2) is 2.88. The molecule has 1 saturated heterocycles. The third kappa shape index (κ3) is 1.20. The van der Waals surface area contributed by atoms with E-state index >= 15 is 0 Å². The lowest BCUT2D eigenvalue weighted by atomic mass is 9.74. The first-order chi connectivity index (χ1) is 5.73. The highest BCUT2D eigenvalue weighted by molar-refractivity contribution is 5.19. The van der Waals surface area contributed by atoms with Crippen LogP contribution in [0.25, 0.3) is 0 Å². The molecule has 0 aromatic carbocycles. The summed E-state index contributed by atoms with van der Waals surface area (Å²) < 4.78 is 0. The van der Waals surface area contributed by atoms with Gasteiger partial charge < -0.3 is 4.90 Å². The summed E-state index contributed by atoms with van der Waals surface area (Å²) in [4.78, 5) is 2.46. The summed E-state index contributed by atoms with van der Waals surface area (Å²) in [6.07, 6.45) is 7.99. The quantitative estimate of drug-likeness (QED) is 0.498. The molecule has 1 aliphatic heterocycles. The van der Waals surface area contributed by atoms with Crippen LogP contribution in [0.1, 0.15) is 32.6 Å². The Morgan fingerprint density at radius 1 is 1.25 bits per heavy atom. The Morgan fingerprint density at radius 2 is 1.92 bits per heavy atom. The van der Waals surface area contributed by atoms with Crippen molar-refractivity contribution in [3.05, 3.63) is 11.6 Å². The molecule has 12 heavy (non-hydrogen) atoms. The SMILES string of the molecule is CC1=CCCC12CCN(C)CC2. The van der Waals surface area contributed by atoms with Crippen molar-refractivity contribution in [1.29, 1.82) is 0 Å². The van der Waals surface area contributed by atoms with Crippen molar-refractivity contribution in [2.24, 2.45) is 5.41 Å². The summed E-state index contributed by atoms with van der Waals surface area (Å²) in [5.41, 5.74) is 2.31. The van der Waals surface area contributed by atoms with E-state index in [1.54, 1.807) is 5.57 Å². The maximum absolute atomic E-state index is 2.46. The molecule has 1 aliphatic carbocycles. The second-order valence-corrected chi connectivity index (χ2v) is 4.51. The molecular weight excluding hydrogens is 146 g/mol. The minimum atomic E-state index is 0.631. The molecule has 0 amide bonds. The first-order valence-corrected chi connectivity index (χ1v) is 5.09. The van der Waals surface area contributed by atoms with E-state index in [-0.39, 0.29) is 0 Å².